The predicted octanol–water partition coefficient (Wildman–Crippen LogP) is 3.33. The molecule has 3 aliphatic rings. The molecule has 1 saturated carbocycles. The third-order valence-corrected chi connectivity index (χ3v) is 6.02. The SMILES string of the molecule is CC(C)N1CCC2CCCC2C1.CC(C)N1CCCC(N)C1. The zero-order valence-corrected chi connectivity index (χ0v) is 15.4. The number of piperidine rings is 2. The Morgan fingerprint density at radius 1 is 0.727 bits per heavy atom. The molecule has 3 nitrogen and oxygen atoms in total. The standard InChI is InChI=1S/C11H21N.C8H18N2/c1-9(2)12-7-6-10-4-3-5-11(10)8-12;1-7(2)10-5-3-4-8(9)6-10/h9-11H,3-8H2,1-2H3;7-8H,3-6,9H2,1-2H3. The van der Waals surface area contributed by atoms with Crippen LogP contribution in [0.25, 0.3) is 0 Å². The quantitative estimate of drug-likeness (QED) is 0.849. The van der Waals surface area contributed by atoms with E-state index in [0.717, 1.165) is 24.4 Å². The Balaban J connectivity index is 0.000000164. The van der Waals surface area contributed by atoms with E-state index < -0.39 is 0 Å². The molecule has 2 heterocycles. The lowest BCUT2D eigenvalue weighted by atomic mass is 9.88. The van der Waals surface area contributed by atoms with E-state index in [-0.39, 0.29) is 0 Å². The van der Waals surface area contributed by atoms with Crippen molar-refractivity contribution in [2.24, 2.45) is 17.6 Å². The van der Waals surface area contributed by atoms with E-state index >= 15 is 0 Å². The van der Waals surface area contributed by atoms with E-state index in [4.69, 9.17) is 5.73 Å². The average molecular weight is 310 g/mol. The van der Waals surface area contributed by atoms with Crippen molar-refractivity contribution in [3.63, 3.8) is 0 Å². The van der Waals surface area contributed by atoms with Crippen LogP contribution in [-0.4, -0.2) is 54.1 Å². The second kappa shape index (κ2) is 8.65. The second-order valence-corrected chi connectivity index (χ2v) is 8.32. The molecule has 22 heavy (non-hydrogen) atoms. The highest BCUT2D eigenvalue weighted by Crippen LogP contribution is 2.38. The van der Waals surface area contributed by atoms with Gasteiger partial charge in [-0.25, -0.2) is 0 Å². The lowest BCUT2D eigenvalue weighted by Crippen LogP contribution is -2.45. The van der Waals surface area contributed by atoms with Crippen LogP contribution in [0.2, 0.25) is 0 Å². The summed E-state index contributed by atoms with van der Waals surface area (Å²) in [5.74, 6) is 2.15. The van der Waals surface area contributed by atoms with Crippen LogP contribution in [-0.2, 0) is 0 Å². The van der Waals surface area contributed by atoms with E-state index in [0.29, 0.717) is 12.1 Å². The molecule has 3 heteroatoms. The first-order valence-corrected chi connectivity index (χ1v) is 9.71. The van der Waals surface area contributed by atoms with E-state index in [1.54, 1.807) is 0 Å². The summed E-state index contributed by atoms with van der Waals surface area (Å²) in [7, 11) is 0. The Morgan fingerprint density at radius 3 is 1.95 bits per heavy atom. The van der Waals surface area contributed by atoms with Gasteiger partial charge in [0.25, 0.3) is 0 Å². The Morgan fingerprint density at radius 2 is 1.36 bits per heavy atom. The van der Waals surface area contributed by atoms with Gasteiger partial charge in [-0.3, -0.25) is 4.90 Å². The topological polar surface area (TPSA) is 32.5 Å². The van der Waals surface area contributed by atoms with E-state index in [2.05, 4.69) is 37.5 Å². The third kappa shape index (κ3) is 5.21. The Labute approximate surface area is 138 Å². The van der Waals surface area contributed by atoms with Crippen LogP contribution in [0.5, 0.6) is 0 Å². The fraction of sp³-hybridized carbons (Fsp3) is 1.00. The molecule has 130 valence electrons. The lowest BCUT2D eigenvalue weighted by Gasteiger charge is -2.37. The van der Waals surface area contributed by atoms with E-state index in [1.807, 2.05) is 0 Å². The maximum absolute atomic E-state index is 5.82. The molecule has 2 aliphatic heterocycles. The summed E-state index contributed by atoms with van der Waals surface area (Å²) in [4.78, 5) is 5.11. The number of hydrogen-bond acceptors (Lipinski definition) is 3. The van der Waals surface area contributed by atoms with E-state index in [9.17, 15) is 0 Å². The minimum Gasteiger partial charge on any atom is -0.327 e. The van der Waals surface area contributed by atoms with Crippen molar-refractivity contribution in [1.82, 2.24) is 9.80 Å². The monoisotopic (exact) mass is 309 g/mol. The fourth-order valence-electron chi connectivity index (χ4n) is 4.44. The van der Waals surface area contributed by atoms with E-state index in [1.165, 1.54) is 58.2 Å². The number of nitrogens with zero attached hydrogens (tertiary/aromatic N) is 2. The molecular weight excluding hydrogens is 270 g/mol. The minimum atomic E-state index is 0.427. The van der Waals surface area contributed by atoms with Crippen LogP contribution < -0.4 is 5.73 Å². The van der Waals surface area contributed by atoms with Crippen molar-refractivity contribution in [3.05, 3.63) is 0 Å². The first-order valence-electron chi connectivity index (χ1n) is 9.71. The van der Waals surface area contributed by atoms with Gasteiger partial charge >= 0.3 is 0 Å². The number of rotatable bonds is 2. The molecule has 3 unspecified atom stereocenters. The Kier molecular flexibility index (Phi) is 7.17. The molecule has 0 aromatic heterocycles. The highest BCUT2D eigenvalue weighted by Gasteiger charge is 2.33. The average Bonchev–Trinajstić information content (AvgIpc) is 2.95. The van der Waals surface area contributed by atoms with Crippen molar-refractivity contribution in [3.8, 4) is 0 Å². The van der Waals surface area contributed by atoms with Crippen LogP contribution >= 0.6 is 0 Å². The molecule has 2 N–H and O–H groups in total. The molecule has 1 aliphatic carbocycles. The molecule has 2 saturated heterocycles. The molecule has 3 atom stereocenters. The number of likely N-dealkylation sites (tertiary alicyclic amines) is 2. The van der Waals surface area contributed by atoms with Crippen LogP contribution in [0.1, 0.15) is 66.2 Å². The van der Waals surface area contributed by atoms with Crippen LogP contribution in [0.4, 0.5) is 0 Å². The summed E-state index contributed by atoms with van der Waals surface area (Å²) in [6, 6.07) is 1.87. The summed E-state index contributed by atoms with van der Waals surface area (Å²) in [5, 5.41) is 0. The molecule has 3 rings (SSSR count). The van der Waals surface area contributed by atoms with Gasteiger partial charge in [-0.2, -0.15) is 0 Å². The van der Waals surface area contributed by atoms with Gasteiger partial charge in [0.1, 0.15) is 0 Å². The van der Waals surface area contributed by atoms with Crippen LogP contribution in [0.15, 0.2) is 0 Å². The zero-order valence-electron chi connectivity index (χ0n) is 15.4. The molecular formula is C19H39N3. The van der Waals surface area contributed by atoms with Gasteiger partial charge in [0, 0.05) is 31.2 Å². The summed E-state index contributed by atoms with van der Waals surface area (Å²) in [6.45, 7) is 14.2. The zero-order chi connectivity index (χ0) is 16.1. The van der Waals surface area contributed by atoms with Crippen LogP contribution in [0.3, 0.4) is 0 Å². The Hall–Kier alpha value is -0.120. The van der Waals surface area contributed by atoms with Gasteiger partial charge < -0.3 is 10.6 Å². The normalized spacial score (nSPS) is 33.7. The number of hydrogen-bond donors (Lipinski definition) is 1. The maximum atomic E-state index is 5.82. The summed E-state index contributed by atoms with van der Waals surface area (Å²) >= 11 is 0. The minimum absolute atomic E-state index is 0.427. The first-order chi connectivity index (χ1) is 10.5. The van der Waals surface area contributed by atoms with Gasteiger partial charge in [0.05, 0.1) is 0 Å². The van der Waals surface area contributed by atoms with Gasteiger partial charge in [0.15, 0.2) is 0 Å². The lowest BCUT2D eigenvalue weighted by molar-refractivity contribution is 0.110. The molecule has 0 radical (unpaired) electrons. The summed E-state index contributed by atoms with van der Waals surface area (Å²) in [6.07, 6.45) is 8.50. The molecule has 0 bridgehead atoms. The highest BCUT2D eigenvalue weighted by atomic mass is 15.2. The molecule has 0 amide bonds. The predicted molar refractivity (Wildman–Crippen MR) is 96.1 cm³/mol. The van der Waals surface area contributed by atoms with Crippen LogP contribution in [0, 0.1) is 11.8 Å². The van der Waals surface area contributed by atoms with Crippen molar-refractivity contribution >= 4 is 0 Å². The second-order valence-electron chi connectivity index (χ2n) is 8.32. The van der Waals surface area contributed by atoms with Crippen molar-refractivity contribution in [2.75, 3.05) is 26.2 Å². The third-order valence-electron chi connectivity index (χ3n) is 6.02. The molecule has 0 spiro atoms. The highest BCUT2D eigenvalue weighted by molar-refractivity contribution is 4.86. The van der Waals surface area contributed by atoms with Gasteiger partial charge in [-0.15, -0.1) is 0 Å². The summed E-state index contributed by atoms with van der Waals surface area (Å²) < 4.78 is 0. The Bertz CT molecular complexity index is 316. The molecule has 0 aromatic rings. The van der Waals surface area contributed by atoms with Crippen molar-refractivity contribution in [1.29, 1.82) is 0 Å². The maximum Gasteiger partial charge on any atom is 0.0168 e. The van der Waals surface area contributed by atoms with Gasteiger partial charge in [-0.1, -0.05) is 12.8 Å². The van der Waals surface area contributed by atoms with Crippen molar-refractivity contribution in [2.45, 2.75) is 84.3 Å². The molecule has 0 aromatic carbocycles. The van der Waals surface area contributed by atoms with Crippen molar-refractivity contribution < 1.29 is 0 Å². The summed E-state index contributed by atoms with van der Waals surface area (Å²) in [5.41, 5.74) is 5.82. The fourth-order valence-corrected chi connectivity index (χ4v) is 4.44. The largest absolute Gasteiger partial charge is 0.327 e. The number of nitrogens with two attached hydrogens (primary N) is 1. The smallest absolute Gasteiger partial charge is 0.0168 e. The van der Waals surface area contributed by atoms with Gasteiger partial charge in [0.2, 0.25) is 0 Å². The number of fused-ring (bicyclic) bond motifs is 1. The first kappa shape index (κ1) is 18.2. The molecule has 3 fully saturated rings. The van der Waals surface area contributed by atoms with Gasteiger partial charge in [-0.05, 0) is 78.3 Å².